The van der Waals surface area contributed by atoms with Gasteiger partial charge < -0.3 is 42.7 Å². The van der Waals surface area contributed by atoms with Crippen LogP contribution in [0, 0.1) is 0 Å². The first-order chi connectivity index (χ1) is 14.9. The Hall–Kier alpha value is -2.91. The molecule has 0 bridgehead atoms. The van der Waals surface area contributed by atoms with Crippen LogP contribution < -0.4 is 27.4 Å². The van der Waals surface area contributed by atoms with Gasteiger partial charge in [-0.3, -0.25) is 24.0 Å². The molecule has 0 spiro atoms. The van der Waals surface area contributed by atoms with Gasteiger partial charge in [0.25, 0.3) is 0 Å². The number of hydrogen-bond acceptors (Lipinski definition) is 9. The highest BCUT2D eigenvalue weighted by molar-refractivity contribution is 7.80. The van der Waals surface area contributed by atoms with Crippen molar-refractivity contribution in [3.63, 3.8) is 0 Å². The minimum atomic E-state index is -1.66. The van der Waals surface area contributed by atoms with E-state index >= 15 is 0 Å². The minimum absolute atomic E-state index is 0.0555. The van der Waals surface area contributed by atoms with Gasteiger partial charge in [0.1, 0.15) is 18.1 Å². The molecule has 4 atom stereocenters. The van der Waals surface area contributed by atoms with Crippen LogP contribution in [0.1, 0.15) is 32.1 Å². The number of rotatable bonds is 16. The van der Waals surface area contributed by atoms with E-state index in [9.17, 15) is 28.8 Å². The molecule has 182 valence electrons. The van der Waals surface area contributed by atoms with E-state index in [0.717, 1.165) is 0 Å². The molecule has 0 aromatic rings. The first-order valence-electron chi connectivity index (χ1n) is 9.56. The number of amides is 3. The first kappa shape index (κ1) is 29.1. The SMILES string of the molecule is NCCCC[C@H](NC(=O)[C@H](CC(=O)O)NC(=O)[C@@H](N)CC(=O)O)C(=O)N[C@@H](CS)C(=O)O. The fourth-order valence-corrected chi connectivity index (χ4v) is 2.68. The third-order valence-electron chi connectivity index (χ3n) is 4.12. The van der Waals surface area contributed by atoms with E-state index in [1.54, 1.807) is 0 Å². The number of carbonyl (C=O) groups is 6. The molecule has 0 saturated heterocycles. The summed E-state index contributed by atoms with van der Waals surface area (Å²) in [6, 6.07) is -5.78. The van der Waals surface area contributed by atoms with Gasteiger partial charge >= 0.3 is 17.9 Å². The lowest BCUT2D eigenvalue weighted by atomic mass is 10.1. The third kappa shape index (κ3) is 11.5. The number of aliphatic carboxylic acids is 3. The number of nitrogens with two attached hydrogens (primary N) is 2. The van der Waals surface area contributed by atoms with E-state index in [-0.39, 0.29) is 12.2 Å². The average molecular weight is 480 g/mol. The number of carbonyl (C=O) groups excluding carboxylic acids is 3. The normalized spacial score (nSPS) is 14.3. The molecule has 0 saturated carbocycles. The van der Waals surface area contributed by atoms with Gasteiger partial charge in [-0.05, 0) is 25.8 Å². The molecule has 0 aromatic carbocycles. The Morgan fingerprint density at radius 1 is 0.750 bits per heavy atom. The topological polar surface area (TPSA) is 251 Å². The van der Waals surface area contributed by atoms with Gasteiger partial charge in [-0.25, -0.2) is 4.79 Å². The maximum Gasteiger partial charge on any atom is 0.327 e. The Labute approximate surface area is 188 Å². The smallest absolute Gasteiger partial charge is 0.327 e. The minimum Gasteiger partial charge on any atom is -0.481 e. The molecular formula is C17H29N5O9S. The van der Waals surface area contributed by atoms with Crippen molar-refractivity contribution in [2.24, 2.45) is 11.5 Å². The lowest BCUT2D eigenvalue weighted by Crippen LogP contribution is -2.57. The van der Waals surface area contributed by atoms with Crippen molar-refractivity contribution in [3.05, 3.63) is 0 Å². The fourth-order valence-electron chi connectivity index (χ4n) is 2.44. The summed E-state index contributed by atoms with van der Waals surface area (Å²) in [5, 5.41) is 33.4. The molecule has 0 unspecified atom stereocenters. The Kier molecular flexibility index (Phi) is 13.6. The van der Waals surface area contributed by atoms with Gasteiger partial charge in [-0.1, -0.05) is 0 Å². The van der Waals surface area contributed by atoms with Gasteiger partial charge in [0.05, 0.1) is 18.9 Å². The van der Waals surface area contributed by atoms with E-state index in [2.05, 4.69) is 28.6 Å². The monoisotopic (exact) mass is 479 g/mol. The Morgan fingerprint density at radius 3 is 1.72 bits per heavy atom. The quantitative estimate of drug-likeness (QED) is 0.0789. The van der Waals surface area contributed by atoms with Crippen molar-refractivity contribution in [3.8, 4) is 0 Å². The summed E-state index contributed by atoms with van der Waals surface area (Å²) < 4.78 is 0. The summed E-state index contributed by atoms with van der Waals surface area (Å²) in [6.07, 6.45) is -0.693. The van der Waals surface area contributed by atoms with Crippen LogP contribution in [0.5, 0.6) is 0 Å². The van der Waals surface area contributed by atoms with Crippen molar-refractivity contribution in [2.45, 2.75) is 56.3 Å². The molecule has 0 rings (SSSR count). The van der Waals surface area contributed by atoms with Crippen LogP contribution in [0.2, 0.25) is 0 Å². The molecule has 0 aromatic heterocycles. The Morgan fingerprint density at radius 2 is 1.25 bits per heavy atom. The van der Waals surface area contributed by atoms with Crippen LogP contribution in [0.25, 0.3) is 0 Å². The maximum absolute atomic E-state index is 12.6. The zero-order chi connectivity index (χ0) is 24.8. The summed E-state index contributed by atoms with van der Waals surface area (Å²) in [5.74, 6) is -7.36. The summed E-state index contributed by atoms with van der Waals surface area (Å²) in [7, 11) is 0. The lowest BCUT2D eigenvalue weighted by molar-refractivity contribution is -0.143. The van der Waals surface area contributed by atoms with Crippen molar-refractivity contribution in [2.75, 3.05) is 12.3 Å². The van der Waals surface area contributed by atoms with Gasteiger partial charge in [0.2, 0.25) is 17.7 Å². The predicted octanol–water partition coefficient (Wildman–Crippen LogP) is -3.14. The highest BCUT2D eigenvalue weighted by atomic mass is 32.1. The Balaban J connectivity index is 5.44. The summed E-state index contributed by atoms with van der Waals surface area (Å²) in [4.78, 5) is 70.1. The standard InChI is InChI=1S/C17H29N5O9S/c18-4-2-1-3-9(15(28)22-11(7-32)17(30)31)20-16(29)10(6-13(25)26)21-14(27)8(19)5-12(23)24/h8-11,32H,1-7,18-19H2,(H,20,29)(H,21,27)(H,22,28)(H,23,24)(H,25,26)(H,30,31)/t8-,9-,10-,11-/m0/s1. The second-order valence-corrected chi connectivity index (χ2v) is 7.16. The van der Waals surface area contributed by atoms with Gasteiger partial charge in [-0.2, -0.15) is 12.6 Å². The number of hydrogen-bond donors (Lipinski definition) is 9. The molecule has 14 nitrogen and oxygen atoms in total. The molecule has 0 aliphatic heterocycles. The van der Waals surface area contributed by atoms with Crippen LogP contribution in [-0.2, 0) is 28.8 Å². The molecular weight excluding hydrogens is 450 g/mol. The van der Waals surface area contributed by atoms with Crippen LogP contribution in [-0.4, -0.2) is 87.4 Å². The van der Waals surface area contributed by atoms with Crippen molar-refractivity contribution < 1.29 is 44.1 Å². The number of carboxylic acids is 3. The van der Waals surface area contributed by atoms with Crippen molar-refractivity contribution in [1.29, 1.82) is 0 Å². The number of carboxylic acid groups (broad SMARTS) is 3. The molecule has 32 heavy (non-hydrogen) atoms. The Bertz CT molecular complexity index is 706. The maximum atomic E-state index is 12.6. The van der Waals surface area contributed by atoms with Crippen LogP contribution in [0.15, 0.2) is 0 Å². The van der Waals surface area contributed by atoms with Gasteiger partial charge in [0.15, 0.2) is 0 Å². The highest BCUT2D eigenvalue weighted by Crippen LogP contribution is 2.05. The van der Waals surface area contributed by atoms with E-state index < -0.39 is 72.6 Å². The van der Waals surface area contributed by atoms with Gasteiger partial charge in [-0.15, -0.1) is 0 Å². The fraction of sp³-hybridized carbons (Fsp3) is 0.647. The molecule has 3 amide bonds. The van der Waals surface area contributed by atoms with E-state index in [4.69, 9.17) is 26.8 Å². The van der Waals surface area contributed by atoms with Gasteiger partial charge in [0, 0.05) is 5.75 Å². The summed E-state index contributed by atoms with van der Waals surface area (Å²) in [6.45, 7) is 0.301. The highest BCUT2D eigenvalue weighted by Gasteiger charge is 2.31. The number of thiol groups is 1. The van der Waals surface area contributed by atoms with Crippen molar-refractivity contribution in [1.82, 2.24) is 16.0 Å². The molecule has 0 aliphatic carbocycles. The molecule has 15 heteroatoms. The molecule has 10 N–H and O–H groups in total. The van der Waals surface area contributed by atoms with Crippen molar-refractivity contribution >= 4 is 48.3 Å². The molecule has 0 aliphatic rings. The van der Waals surface area contributed by atoms with E-state index in [1.807, 2.05) is 0 Å². The molecule has 0 fully saturated rings. The zero-order valence-corrected chi connectivity index (χ0v) is 18.0. The van der Waals surface area contributed by atoms with E-state index in [1.165, 1.54) is 0 Å². The first-order valence-corrected chi connectivity index (χ1v) is 10.2. The van der Waals surface area contributed by atoms with Crippen LogP contribution in [0.4, 0.5) is 0 Å². The summed E-state index contributed by atoms with van der Waals surface area (Å²) >= 11 is 3.84. The van der Waals surface area contributed by atoms with Crippen LogP contribution in [0.3, 0.4) is 0 Å². The predicted molar refractivity (Wildman–Crippen MR) is 113 cm³/mol. The summed E-state index contributed by atoms with van der Waals surface area (Å²) in [5.41, 5.74) is 10.8. The zero-order valence-electron chi connectivity index (χ0n) is 17.2. The molecule has 0 radical (unpaired) electrons. The lowest BCUT2D eigenvalue weighted by Gasteiger charge is -2.24. The molecule has 0 heterocycles. The van der Waals surface area contributed by atoms with E-state index in [0.29, 0.717) is 19.4 Å². The second-order valence-electron chi connectivity index (χ2n) is 6.79. The van der Waals surface area contributed by atoms with Crippen LogP contribution >= 0.6 is 12.6 Å². The largest absolute Gasteiger partial charge is 0.481 e. The second kappa shape index (κ2) is 15.0. The number of unbranched alkanes of at least 4 members (excludes halogenated alkanes) is 1. The third-order valence-corrected chi connectivity index (χ3v) is 4.49. The average Bonchev–Trinajstić information content (AvgIpc) is 2.69. The number of nitrogens with one attached hydrogen (secondary N) is 3.